The zero-order chi connectivity index (χ0) is 24.2. The second-order valence-corrected chi connectivity index (χ2v) is 9.96. The molecule has 0 amide bonds. The molecule has 3 aromatic rings. The Morgan fingerprint density at radius 2 is 1.97 bits per heavy atom. The lowest BCUT2D eigenvalue weighted by molar-refractivity contribution is -0.384. The fourth-order valence-corrected chi connectivity index (χ4v) is 4.61. The summed E-state index contributed by atoms with van der Waals surface area (Å²) in [5.41, 5.74) is 3.01. The van der Waals surface area contributed by atoms with Crippen LogP contribution in [0, 0.1) is 16.0 Å². The van der Waals surface area contributed by atoms with E-state index >= 15 is 0 Å². The van der Waals surface area contributed by atoms with Gasteiger partial charge in [-0.05, 0) is 60.6 Å². The van der Waals surface area contributed by atoms with Gasteiger partial charge in [0, 0.05) is 49.3 Å². The van der Waals surface area contributed by atoms with Crippen LogP contribution in [0.2, 0.25) is 5.02 Å². The van der Waals surface area contributed by atoms with Gasteiger partial charge in [-0.25, -0.2) is 0 Å². The van der Waals surface area contributed by atoms with Crippen LogP contribution in [0.3, 0.4) is 0 Å². The first-order chi connectivity index (χ1) is 16.3. The lowest BCUT2D eigenvalue weighted by Crippen LogP contribution is -2.35. The minimum atomic E-state index is -0.483. The van der Waals surface area contributed by atoms with Crippen molar-refractivity contribution in [2.45, 2.75) is 58.9 Å². The number of nitro benzene ring substituents is 1. The Labute approximate surface area is 205 Å². The fraction of sp³-hybridized carbons (Fsp3) is 0.462. The minimum Gasteiger partial charge on any atom is -0.489 e. The van der Waals surface area contributed by atoms with Gasteiger partial charge in [0.15, 0.2) is 0 Å². The van der Waals surface area contributed by atoms with Gasteiger partial charge >= 0.3 is 0 Å². The second kappa shape index (κ2) is 10.8. The molecular weight excluding hydrogens is 454 g/mol. The summed E-state index contributed by atoms with van der Waals surface area (Å²) in [7, 11) is 0. The fourth-order valence-electron chi connectivity index (χ4n) is 4.42. The molecule has 2 heterocycles. The Morgan fingerprint density at radius 1 is 1.21 bits per heavy atom. The number of aromatic nitrogens is 1. The standard InChI is InChI=1S/C26H32ClN3O4/c1-18(2)7-12-29-16-20(15-28-10-8-21(31)9-11-28)23-14-22(4-6-25(23)29)34-17-19-3-5-24(27)26(13-19)30(32)33/h3-6,13-14,16,18,21,31H,7-12,15,17H2,1-2H3. The van der Waals surface area contributed by atoms with Gasteiger partial charge in [-0.3, -0.25) is 15.0 Å². The van der Waals surface area contributed by atoms with Crippen LogP contribution in [-0.4, -0.2) is 38.7 Å². The van der Waals surface area contributed by atoms with Crippen molar-refractivity contribution >= 4 is 28.2 Å². The number of nitro groups is 1. The first kappa shape index (κ1) is 24.5. The molecule has 0 spiro atoms. The monoisotopic (exact) mass is 485 g/mol. The van der Waals surface area contributed by atoms with E-state index in [2.05, 4.69) is 41.6 Å². The van der Waals surface area contributed by atoms with Gasteiger partial charge in [-0.2, -0.15) is 0 Å². The molecule has 1 aromatic heterocycles. The summed E-state index contributed by atoms with van der Waals surface area (Å²) in [6.07, 6.45) is 4.80. The average molecular weight is 486 g/mol. The molecule has 0 bridgehead atoms. The molecule has 182 valence electrons. The van der Waals surface area contributed by atoms with Gasteiger partial charge in [0.05, 0.1) is 11.0 Å². The summed E-state index contributed by atoms with van der Waals surface area (Å²) < 4.78 is 8.35. The van der Waals surface area contributed by atoms with Gasteiger partial charge < -0.3 is 14.4 Å². The molecular formula is C26H32ClN3O4. The molecule has 4 rings (SSSR count). The maximum absolute atomic E-state index is 11.2. The van der Waals surface area contributed by atoms with Crippen molar-refractivity contribution < 1.29 is 14.8 Å². The highest BCUT2D eigenvalue weighted by Crippen LogP contribution is 2.30. The number of benzene rings is 2. The Morgan fingerprint density at radius 3 is 2.68 bits per heavy atom. The lowest BCUT2D eigenvalue weighted by Gasteiger charge is -2.29. The minimum absolute atomic E-state index is 0.116. The van der Waals surface area contributed by atoms with Crippen LogP contribution < -0.4 is 4.74 Å². The number of aryl methyl sites for hydroxylation is 1. The van der Waals surface area contributed by atoms with Crippen LogP contribution in [-0.2, 0) is 19.7 Å². The summed E-state index contributed by atoms with van der Waals surface area (Å²) in [5, 5.41) is 22.3. The zero-order valence-corrected chi connectivity index (χ0v) is 20.5. The second-order valence-electron chi connectivity index (χ2n) is 9.55. The van der Waals surface area contributed by atoms with Crippen LogP contribution >= 0.6 is 11.6 Å². The molecule has 0 aliphatic carbocycles. The van der Waals surface area contributed by atoms with Gasteiger partial charge in [0.1, 0.15) is 17.4 Å². The van der Waals surface area contributed by atoms with E-state index in [-0.39, 0.29) is 23.4 Å². The van der Waals surface area contributed by atoms with Crippen molar-refractivity contribution in [1.29, 1.82) is 0 Å². The number of hydrogen-bond acceptors (Lipinski definition) is 5. The number of likely N-dealkylation sites (tertiary alicyclic amines) is 1. The smallest absolute Gasteiger partial charge is 0.288 e. The number of aliphatic hydroxyl groups is 1. The van der Waals surface area contributed by atoms with E-state index in [1.165, 1.54) is 23.2 Å². The van der Waals surface area contributed by atoms with E-state index < -0.39 is 4.92 Å². The molecule has 1 aliphatic heterocycles. The van der Waals surface area contributed by atoms with Crippen molar-refractivity contribution in [2.75, 3.05) is 13.1 Å². The number of nitrogens with zero attached hydrogens (tertiary/aromatic N) is 3. The maximum atomic E-state index is 11.2. The SMILES string of the molecule is CC(C)CCn1cc(CN2CCC(O)CC2)c2cc(OCc3ccc(Cl)c([N+](=O)[O-])c3)ccc21. The summed E-state index contributed by atoms with van der Waals surface area (Å²) >= 11 is 5.92. The molecule has 34 heavy (non-hydrogen) atoms. The number of fused-ring (bicyclic) bond motifs is 1. The molecule has 0 unspecified atom stereocenters. The number of halogens is 1. The average Bonchev–Trinajstić information content (AvgIpc) is 3.15. The van der Waals surface area contributed by atoms with Crippen molar-refractivity contribution in [3.63, 3.8) is 0 Å². The van der Waals surface area contributed by atoms with Crippen molar-refractivity contribution in [3.8, 4) is 5.75 Å². The number of ether oxygens (including phenoxy) is 1. The maximum Gasteiger partial charge on any atom is 0.288 e. The highest BCUT2D eigenvalue weighted by molar-refractivity contribution is 6.32. The Balaban J connectivity index is 1.56. The van der Waals surface area contributed by atoms with Crippen LogP contribution in [0.1, 0.15) is 44.2 Å². The molecule has 0 atom stereocenters. The lowest BCUT2D eigenvalue weighted by atomic mass is 10.1. The van der Waals surface area contributed by atoms with Crippen LogP contribution in [0.25, 0.3) is 10.9 Å². The van der Waals surface area contributed by atoms with Crippen LogP contribution in [0.15, 0.2) is 42.6 Å². The highest BCUT2D eigenvalue weighted by atomic mass is 35.5. The first-order valence-electron chi connectivity index (χ1n) is 11.9. The van der Waals surface area contributed by atoms with Gasteiger partial charge in [-0.1, -0.05) is 31.5 Å². The molecule has 1 N–H and O–H groups in total. The van der Waals surface area contributed by atoms with Crippen LogP contribution in [0.4, 0.5) is 5.69 Å². The summed E-state index contributed by atoms with van der Waals surface area (Å²) in [5.74, 6) is 1.34. The van der Waals surface area contributed by atoms with E-state index in [0.29, 0.717) is 11.5 Å². The third-order valence-electron chi connectivity index (χ3n) is 6.45. The number of hydrogen-bond donors (Lipinski definition) is 1. The van der Waals surface area contributed by atoms with Gasteiger partial charge in [0.25, 0.3) is 5.69 Å². The predicted molar refractivity (Wildman–Crippen MR) is 134 cm³/mol. The Kier molecular flexibility index (Phi) is 7.76. The van der Waals surface area contributed by atoms with Crippen molar-refractivity contribution in [2.24, 2.45) is 5.92 Å². The van der Waals surface area contributed by atoms with E-state index in [1.54, 1.807) is 6.07 Å². The predicted octanol–water partition coefficient (Wildman–Crippen LogP) is 5.78. The van der Waals surface area contributed by atoms with E-state index in [4.69, 9.17) is 16.3 Å². The zero-order valence-electron chi connectivity index (χ0n) is 19.7. The normalized spacial score (nSPS) is 15.3. The molecule has 7 nitrogen and oxygen atoms in total. The number of aliphatic hydroxyl groups excluding tert-OH is 1. The third kappa shape index (κ3) is 5.90. The Bertz CT molecular complexity index is 1150. The highest BCUT2D eigenvalue weighted by Gasteiger charge is 2.19. The molecule has 0 saturated carbocycles. The number of rotatable bonds is 9. The number of piperidine rings is 1. The van der Waals surface area contributed by atoms with Gasteiger partial charge in [0.2, 0.25) is 0 Å². The molecule has 2 aromatic carbocycles. The van der Waals surface area contributed by atoms with Crippen LogP contribution in [0.5, 0.6) is 5.75 Å². The third-order valence-corrected chi connectivity index (χ3v) is 6.77. The largest absolute Gasteiger partial charge is 0.489 e. The summed E-state index contributed by atoms with van der Waals surface area (Å²) in [6, 6.07) is 10.9. The van der Waals surface area contributed by atoms with E-state index in [0.717, 1.165) is 56.6 Å². The topological polar surface area (TPSA) is 80.8 Å². The molecule has 1 fully saturated rings. The van der Waals surface area contributed by atoms with E-state index in [9.17, 15) is 15.2 Å². The Hall–Kier alpha value is -2.61. The summed E-state index contributed by atoms with van der Waals surface area (Å²) in [6.45, 7) is 8.28. The molecule has 1 saturated heterocycles. The first-order valence-corrected chi connectivity index (χ1v) is 12.3. The van der Waals surface area contributed by atoms with Crippen molar-refractivity contribution in [1.82, 2.24) is 9.47 Å². The molecule has 1 aliphatic rings. The van der Waals surface area contributed by atoms with E-state index in [1.807, 2.05) is 6.07 Å². The molecule has 8 heteroatoms. The molecule has 0 radical (unpaired) electrons. The summed E-state index contributed by atoms with van der Waals surface area (Å²) in [4.78, 5) is 13.1. The van der Waals surface area contributed by atoms with Gasteiger partial charge in [-0.15, -0.1) is 0 Å². The quantitative estimate of drug-likeness (QED) is 0.306. The van der Waals surface area contributed by atoms with Crippen molar-refractivity contribution in [3.05, 3.63) is 68.9 Å².